The summed E-state index contributed by atoms with van der Waals surface area (Å²) in [5, 5.41) is 3.14. The molecule has 0 fully saturated rings. The van der Waals surface area contributed by atoms with E-state index in [2.05, 4.69) is 5.32 Å². The summed E-state index contributed by atoms with van der Waals surface area (Å²) >= 11 is 6.00. The molecular formula is C20H20ClNO4. The van der Waals surface area contributed by atoms with Crippen LogP contribution in [0.4, 0.5) is 5.69 Å². The van der Waals surface area contributed by atoms with Gasteiger partial charge < -0.3 is 10.1 Å². The van der Waals surface area contributed by atoms with Gasteiger partial charge in [0.05, 0.1) is 25.1 Å². The van der Waals surface area contributed by atoms with Crippen molar-refractivity contribution in [2.45, 2.75) is 26.2 Å². The minimum atomic E-state index is -0.426. The first-order valence-corrected chi connectivity index (χ1v) is 8.69. The summed E-state index contributed by atoms with van der Waals surface area (Å²) in [4.78, 5) is 36.1. The molecule has 0 heterocycles. The molecule has 2 aromatic carbocycles. The van der Waals surface area contributed by atoms with Crippen LogP contribution in [-0.2, 0) is 20.7 Å². The van der Waals surface area contributed by atoms with Crippen LogP contribution in [0.1, 0.15) is 35.7 Å². The first kappa shape index (κ1) is 19.7. The van der Waals surface area contributed by atoms with Crippen LogP contribution in [-0.4, -0.2) is 24.3 Å². The van der Waals surface area contributed by atoms with E-state index in [1.165, 1.54) is 6.07 Å². The number of halogens is 1. The largest absolute Gasteiger partial charge is 0.466 e. The molecule has 0 saturated heterocycles. The molecule has 0 aliphatic heterocycles. The highest BCUT2D eigenvalue weighted by Crippen LogP contribution is 2.23. The Bertz CT molecular complexity index is 790. The maximum absolute atomic E-state index is 12.4. The van der Waals surface area contributed by atoms with Crippen molar-refractivity contribution in [2.24, 2.45) is 0 Å². The summed E-state index contributed by atoms with van der Waals surface area (Å²) in [6.45, 7) is 1.98. The van der Waals surface area contributed by atoms with Gasteiger partial charge >= 0.3 is 5.97 Å². The summed E-state index contributed by atoms with van der Waals surface area (Å²) in [6.07, 6.45) is 0.179. The van der Waals surface area contributed by atoms with E-state index in [0.29, 0.717) is 16.3 Å². The number of hydrogen-bond acceptors (Lipinski definition) is 4. The van der Waals surface area contributed by atoms with Crippen LogP contribution in [0.5, 0.6) is 0 Å². The number of ether oxygens (including phenoxy) is 1. The van der Waals surface area contributed by atoms with E-state index in [0.717, 1.165) is 5.56 Å². The van der Waals surface area contributed by atoms with Crippen molar-refractivity contribution in [3.63, 3.8) is 0 Å². The smallest absolute Gasteiger partial charge is 0.306 e. The summed E-state index contributed by atoms with van der Waals surface area (Å²) in [6, 6.07) is 13.9. The van der Waals surface area contributed by atoms with Crippen molar-refractivity contribution in [1.29, 1.82) is 0 Å². The third-order valence-electron chi connectivity index (χ3n) is 3.63. The Morgan fingerprint density at radius 1 is 1.04 bits per heavy atom. The molecule has 6 heteroatoms. The second kappa shape index (κ2) is 9.73. The molecule has 2 rings (SSSR count). The van der Waals surface area contributed by atoms with E-state index in [1.807, 2.05) is 30.3 Å². The molecule has 0 bridgehead atoms. The third kappa shape index (κ3) is 6.01. The van der Waals surface area contributed by atoms with Gasteiger partial charge in [0.1, 0.15) is 0 Å². The predicted molar refractivity (Wildman–Crippen MR) is 100 cm³/mol. The number of Topliss-reactive ketones (excluding diaryl/α,β-unsaturated/α-hetero) is 1. The van der Waals surface area contributed by atoms with E-state index in [-0.39, 0.29) is 37.6 Å². The van der Waals surface area contributed by atoms with Gasteiger partial charge in [0.2, 0.25) is 5.91 Å². The van der Waals surface area contributed by atoms with Crippen LogP contribution in [0.25, 0.3) is 0 Å². The lowest BCUT2D eigenvalue weighted by atomic mass is 10.0. The quantitative estimate of drug-likeness (QED) is 0.559. The molecule has 1 amide bonds. The van der Waals surface area contributed by atoms with Crippen LogP contribution in [0, 0.1) is 0 Å². The molecule has 136 valence electrons. The molecule has 0 aliphatic rings. The number of amides is 1. The minimum Gasteiger partial charge on any atom is -0.466 e. The molecule has 26 heavy (non-hydrogen) atoms. The number of carbonyl (C=O) groups is 3. The zero-order chi connectivity index (χ0) is 18.9. The van der Waals surface area contributed by atoms with Gasteiger partial charge in [0.15, 0.2) is 5.78 Å². The van der Waals surface area contributed by atoms with Gasteiger partial charge in [-0.2, -0.15) is 0 Å². The van der Waals surface area contributed by atoms with Crippen LogP contribution in [0.2, 0.25) is 5.02 Å². The first-order chi connectivity index (χ1) is 12.5. The number of benzene rings is 2. The lowest BCUT2D eigenvalue weighted by Crippen LogP contribution is -2.17. The Hall–Kier alpha value is -2.66. The maximum atomic E-state index is 12.4. The minimum absolute atomic E-state index is 0.00201. The zero-order valence-corrected chi connectivity index (χ0v) is 15.2. The van der Waals surface area contributed by atoms with Crippen LogP contribution >= 0.6 is 11.6 Å². The fraction of sp³-hybridized carbons (Fsp3) is 0.250. The summed E-state index contributed by atoms with van der Waals surface area (Å²) < 4.78 is 4.83. The van der Waals surface area contributed by atoms with Crippen LogP contribution in [0.3, 0.4) is 0 Å². The van der Waals surface area contributed by atoms with Gasteiger partial charge in [0, 0.05) is 17.0 Å². The number of esters is 1. The highest BCUT2D eigenvalue weighted by molar-refractivity contribution is 6.31. The van der Waals surface area contributed by atoms with Crippen molar-refractivity contribution in [3.8, 4) is 0 Å². The van der Waals surface area contributed by atoms with Gasteiger partial charge in [0.25, 0.3) is 0 Å². The second-order valence-corrected chi connectivity index (χ2v) is 6.07. The lowest BCUT2D eigenvalue weighted by Gasteiger charge is -2.11. The van der Waals surface area contributed by atoms with Crippen molar-refractivity contribution in [1.82, 2.24) is 0 Å². The van der Waals surface area contributed by atoms with E-state index in [4.69, 9.17) is 16.3 Å². The highest BCUT2D eigenvalue weighted by atomic mass is 35.5. The van der Waals surface area contributed by atoms with E-state index in [1.54, 1.807) is 19.1 Å². The van der Waals surface area contributed by atoms with Crippen LogP contribution in [0.15, 0.2) is 48.5 Å². The number of carbonyl (C=O) groups excluding carboxylic acids is 3. The molecule has 0 atom stereocenters. The highest BCUT2D eigenvalue weighted by Gasteiger charge is 2.16. The standard InChI is InChI=1S/C20H20ClNO4/c1-2-26-20(25)11-10-18(23)16-9-8-15(21)13-17(16)22-19(24)12-14-6-4-3-5-7-14/h3-9,13H,2,10-12H2,1H3,(H,22,24). The molecule has 5 nitrogen and oxygen atoms in total. The molecule has 0 saturated carbocycles. The monoisotopic (exact) mass is 373 g/mol. The molecular weight excluding hydrogens is 354 g/mol. The zero-order valence-electron chi connectivity index (χ0n) is 14.5. The van der Waals surface area contributed by atoms with Crippen molar-refractivity contribution < 1.29 is 19.1 Å². The van der Waals surface area contributed by atoms with Crippen molar-refractivity contribution >= 4 is 34.9 Å². The van der Waals surface area contributed by atoms with Crippen molar-refractivity contribution in [3.05, 3.63) is 64.7 Å². The van der Waals surface area contributed by atoms with E-state index in [9.17, 15) is 14.4 Å². The number of rotatable bonds is 8. The van der Waals surface area contributed by atoms with E-state index < -0.39 is 5.97 Å². The summed E-state index contributed by atoms with van der Waals surface area (Å²) in [7, 11) is 0. The first-order valence-electron chi connectivity index (χ1n) is 8.31. The normalized spacial score (nSPS) is 10.2. The number of hydrogen-bond donors (Lipinski definition) is 1. The lowest BCUT2D eigenvalue weighted by molar-refractivity contribution is -0.143. The van der Waals surface area contributed by atoms with Crippen LogP contribution < -0.4 is 5.32 Å². The Morgan fingerprint density at radius 2 is 1.77 bits per heavy atom. The summed E-state index contributed by atoms with van der Waals surface area (Å²) in [5.74, 6) is -0.938. The van der Waals surface area contributed by atoms with Gasteiger partial charge in [-0.25, -0.2) is 0 Å². The number of nitrogens with one attached hydrogen (secondary N) is 1. The molecule has 0 spiro atoms. The molecule has 0 unspecified atom stereocenters. The Labute approximate surface area is 157 Å². The van der Waals surface area contributed by atoms with Crippen molar-refractivity contribution in [2.75, 3.05) is 11.9 Å². The molecule has 0 radical (unpaired) electrons. The van der Waals surface area contributed by atoms with Gasteiger partial charge in [-0.1, -0.05) is 41.9 Å². The predicted octanol–water partition coefficient (Wildman–Crippen LogP) is 4.05. The van der Waals surface area contributed by atoms with Gasteiger partial charge in [-0.15, -0.1) is 0 Å². The maximum Gasteiger partial charge on any atom is 0.306 e. The topological polar surface area (TPSA) is 72.5 Å². The SMILES string of the molecule is CCOC(=O)CCC(=O)c1ccc(Cl)cc1NC(=O)Cc1ccccc1. The Morgan fingerprint density at radius 3 is 2.46 bits per heavy atom. The number of anilines is 1. The third-order valence-corrected chi connectivity index (χ3v) is 3.86. The van der Waals surface area contributed by atoms with Gasteiger partial charge in [-0.3, -0.25) is 14.4 Å². The fourth-order valence-corrected chi connectivity index (χ4v) is 2.59. The number of ketones is 1. The van der Waals surface area contributed by atoms with E-state index >= 15 is 0 Å². The Kier molecular flexibility index (Phi) is 7.36. The average molecular weight is 374 g/mol. The molecule has 1 N–H and O–H groups in total. The van der Waals surface area contributed by atoms with Gasteiger partial charge in [-0.05, 0) is 30.7 Å². The average Bonchev–Trinajstić information content (AvgIpc) is 2.61. The molecule has 0 aliphatic carbocycles. The fourth-order valence-electron chi connectivity index (χ4n) is 2.42. The Balaban J connectivity index is 2.07. The summed E-state index contributed by atoms with van der Waals surface area (Å²) in [5.41, 5.74) is 1.52. The molecule has 0 aromatic heterocycles. The molecule has 2 aromatic rings. The second-order valence-electron chi connectivity index (χ2n) is 5.63.